The van der Waals surface area contributed by atoms with E-state index in [0.29, 0.717) is 18.8 Å². The predicted octanol–water partition coefficient (Wildman–Crippen LogP) is 5.39. The maximum atomic E-state index is 12.4. The molecule has 1 aliphatic carbocycles. The maximum Gasteiger partial charge on any atom is 0.189 e. The molecule has 2 rings (SSSR count). The Morgan fingerprint density at radius 1 is 1.26 bits per heavy atom. The van der Waals surface area contributed by atoms with Gasteiger partial charge in [0.25, 0.3) is 0 Å². The van der Waals surface area contributed by atoms with Crippen LogP contribution in [0, 0.1) is 0 Å². The Morgan fingerprint density at radius 3 is 2.61 bits per heavy atom. The van der Waals surface area contributed by atoms with Crippen LogP contribution in [-0.4, -0.2) is 27.3 Å². The molecule has 128 valence electrons. The van der Waals surface area contributed by atoms with Crippen LogP contribution in [0.2, 0.25) is 25.7 Å². The topological polar surface area (TPSA) is 35.5 Å². The highest BCUT2D eigenvalue weighted by atomic mass is 79.9. The first-order valence-corrected chi connectivity index (χ1v) is 12.7. The van der Waals surface area contributed by atoms with Gasteiger partial charge in [0, 0.05) is 25.6 Å². The predicted molar refractivity (Wildman–Crippen MR) is 100 cm³/mol. The second-order valence-electron chi connectivity index (χ2n) is 8.11. The fourth-order valence-corrected chi connectivity index (χ4v) is 3.94. The number of halogens is 1. The summed E-state index contributed by atoms with van der Waals surface area (Å²) in [5, 5.41) is 0. The van der Waals surface area contributed by atoms with Gasteiger partial charge >= 0.3 is 0 Å². The zero-order valence-electron chi connectivity index (χ0n) is 14.8. The molecule has 0 aliphatic heterocycles. The minimum atomic E-state index is -1.09. The Morgan fingerprint density at radius 2 is 1.96 bits per heavy atom. The quantitative estimate of drug-likeness (QED) is 0.365. The minimum Gasteiger partial charge on any atom is -0.467 e. The second kappa shape index (κ2) is 7.07. The van der Waals surface area contributed by atoms with E-state index in [9.17, 15) is 4.79 Å². The number of ketones is 1. The van der Waals surface area contributed by atoms with E-state index in [1.165, 1.54) is 0 Å². The summed E-state index contributed by atoms with van der Waals surface area (Å²) in [7, 11) is -1.09. The van der Waals surface area contributed by atoms with Crippen molar-refractivity contribution in [2.75, 3.05) is 13.4 Å². The second-order valence-corrected chi connectivity index (χ2v) is 14.7. The molecular formula is C18H27BrO3Si. The van der Waals surface area contributed by atoms with E-state index < -0.39 is 8.07 Å². The highest BCUT2D eigenvalue weighted by Crippen LogP contribution is 2.42. The molecule has 0 N–H and O–H groups in total. The van der Waals surface area contributed by atoms with Crippen molar-refractivity contribution < 1.29 is 14.3 Å². The van der Waals surface area contributed by atoms with Gasteiger partial charge in [-0.2, -0.15) is 0 Å². The van der Waals surface area contributed by atoms with Crippen LogP contribution in [0.1, 0.15) is 42.6 Å². The molecule has 5 heteroatoms. The molecule has 0 spiro atoms. The maximum absolute atomic E-state index is 12.4. The van der Waals surface area contributed by atoms with Crippen molar-refractivity contribution in [3.05, 3.63) is 27.7 Å². The summed E-state index contributed by atoms with van der Waals surface area (Å²) in [4.78, 5) is 12.4. The molecule has 0 heterocycles. The average Bonchev–Trinajstić information content (AvgIpc) is 2.41. The summed E-state index contributed by atoms with van der Waals surface area (Å²) in [5.41, 5.74) is 1.79. The molecule has 1 aliphatic rings. The molecule has 0 unspecified atom stereocenters. The van der Waals surface area contributed by atoms with Crippen LogP contribution in [0.3, 0.4) is 0 Å². The molecule has 0 aromatic heterocycles. The number of benzene rings is 1. The first kappa shape index (κ1) is 18.7. The Bertz CT molecular complexity index is 591. The highest BCUT2D eigenvalue weighted by molar-refractivity contribution is 9.10. The van der Waals surface area contributed by atoms with Crippen LogP contribution in [0.4, 0.5) is 0 Å². The summed E-state index contributed by atoms with van der Waals surface area (Å²) >= 11 is 3.54. The SMILES string of the molecule is CC1(C)CCC(=O)c2c(OCOCC[Si](C)(C)C)cc(Br)cc21. The lowest BCUT2D eigenvalue weighted by Gasteiger charge is -2.32. The van der Waals surface area contributed by atoms with E-state index in [1.54, 1.807) is 0 Å². The van der Waals surface area contributed by atoms with Crippen LogP contribution in [0.15, 0.2) is 16.6 Å². The van der Waals surface area contributed by atoms with Crippen LogP contribution in [-0.2, 0) is 10.2 Å². The summed E-state index contributed by atoms with van der Waals surface area (Å²) < 4.78 is 12.4. The largest absolute Gasteiger partial charge is 0.467 e. The first-order valence-electron chi connectivity index (χ1n) is 8.18. The van der Waals surface area contributed by atoms with Gasteiger partial charge in [-0.1, -0.05) is 49.4 Å². The molecule has 3 nitrogen and oxygen atoms in total. The zero-order chi connectivity index (χ0) is 17.3. The third kappa shape index (κ3) is 4.91. The smallest absolute Gasteiger partial charge is 0.189 e. The number of hydrogen-bond donors (Lipinski definition) is 0. The number of fused-ring (bicyclic) bond motifs is 1. The number of carbonyl (C=O) groups excluding carboxylic acids is 1. The molecular weight excluding hydrogens is 372 g/mol. The van der Waals surface area contributed by atoms with Crippen molar-refractivity contribution in [1.82, 2.24) is 0 Å². The van der Waals surface area contributed by atoms with Crippen molar-refractivity contribution in [3.63, 3.8) is 0 Å². The van der Waals surface area contributed by atoms with E-state index in [1.807, 2.05) is 12.1 Å². The Hall–Kier alpha value is -0.653. The Balaban J connectivity index is 2.11. The fraction of sp³-hybridized carbons (Fsp3) is 0.611. The molecule has 23 heavy (non-hydrogen) atoms. The van der Waals surface area contributed by atoms with Gasteiger partial charge in [-0.15, -0.1) is 0 Å². The molecule has 0 fully saturated rings. The number of rotatable bonds is 6. The molecule has 0 atom stereocenters. The van der Waals surface area contributed by atoms with Crippen molar-refractivity contribution in [3.8, 4) is 5.75 Å². The summed E-state index contributed by atoms with van der Waals surface area (Å²) in [6, 6.07) is 5.03. The zero-order valence-corrected chi connectivity index (χ0v) is 17.4. The normalized spacial score (nSPS) is 17.0. The van der Waals surface area contributed by atoms with Crippen LogP contribution in [0.25, 0.3) is 0 Å². The van der Waals surface area contributed by atoms with Gasteiger partial charge in [0.2, 0.25) is 0 Å². The van der Waals surface area contributed by atoms with Gasteiger partial charge in [0.15, 0.2) is 12.6 Å². The van der Waals surface area contributed by atoms with Gasteiger partial charge < -0.3 is 9.47 Å². The van der Waals surface area contributed by atoms with E-state index in [4.69, 9.17) is 9.47 Å². The van der Waals surface area contributed by atoms with Crippen LogP contribution in [0.5, 0.6) is 5.75 Å². The van der Waals surface area contributed by atoms with Crippen molar-refractivity contribution in [2.45, 2.75) is 57.8 Å². The van der Waals surface area contributed by atoms with Crippen LogP contribution >= 0.6 is 15.9 Å². The molecule has 1 aromatic carbocycles. The molecule has 0 bridgehead atoms. The van der Waals surface area contributed by atoms with Gasteiger partial charge in [-0.3, -0.25) is 4.79 Å². The minimum absolute atomic E-state index is 0.0101. The lowest BCUT2D eigenvalue weighted by molar-refractivity contribution is 0.0213. The monoisotopic (exact) mass is 398 g/mol. The fourth-order valence-electron chi connectivity index (χ4n) is 2.75. The summed E-state index contributed by atoms with van der Waals surface area (Å²) in [6.07, 6.45) is 1.45. The van der Waals surface area contributed by atoms with Gasteiger partial charge in [0.1, 0.15) is 5.75 Å². The van der Waals surface area contributed by atoms with Gasteiger partial charge in [-0.25, -0.2) is 0 Å². The van der Waals surface area contributed by atoms with Crippen molar-refractivity contribution in [1.29, 1.82) is 0 Å². The molecule has 1 aromatic rings. The third-order valence-corrected chi connectivity index (χ3v) is 6.51. The number of ether oxygens (including phenoxy) is 2. The number of hydrogen-bond acceptors (Lipinski definition) is 3. The van der Waals surface area contributed by atoms with E-state index >= 15 is 0 Å². The van der Waals surface area contributed by atoms with E-state index in [-0.39, 0.29) is 18.0 Å². The highest BCUT2D eigenvalue weighted by Gasteiger charge is 2.34. The standard InChI is InChI=1S/C18H27BrO3Si/c1-18(2)7-6-15(20)17-14(18)10-13(19)11-16(17)22-12-21-8-9-23(3,4)5/h10-11H,6-9,12H2,1-5H3. The number of Topliss-reactive ketones (excluding diaryl/α,β-unsaturated/α-hetero) is 1. The number of carbonyl (C=O) groups is 1. The third-order valence-electron chi connectivity index (χ3n) is 4.35. The Labute approximate surface area is 148 Å². The van der Waals surface area contributed by atoms with Gasteiger partial charge in [0.05, 0.1) is 5.56 Å². The lowest BCUT2D eigenvalue weighted by atomic mass is 9.72. The van der Waals surface area contributed by atoms with Crippen molar-refractivity contribution in [2.24, 2.45) is 0 Å². The first-order chi connectivity index (χ1) is 10.6. The summed E-state index contributed by atoms with van der Waals surface area (Å²) in [6.45, 7) is 12.2. The van der Waals surface area contributed by atoms with Crippen molar-refractivity contribution >= 4 is 29.8 Å². The lowest BCUT2D eigenvalue weighted by Crippen LogP contribution is -2.28. The summed E-state index contributed by atoms with van der Waals surface area (Å²) in [5.74, 6) is 0.809. The molecule has 0 amide bonds. The molecule has 0 radical (unpaired) electrons. The molecule has 0 saturated heterocycles. The molecule has 0 saturated carbocycles. The van der Waals surface area contributed by atoms with Gasteiger partial charge in [-0.05, 0) is 35.6 Å². The van der Waals surface area contributed by atoms with E-state index in [0.717, 1.165) is 28.1 Å². The Kier molecular flexibility index (Phi) is 5.75. The van der Waals surface area contributed by atoms with Crippen LogP contribution < -0.4 is 4.74 Å². The average molecular weight is 399 g/mol. The van der Waals surface area contributed by atoms with E-state index in [2.05, 4.69) is 49.4 Å².